The summed E-state index contributed by atoms with van der Waals surface area (Å²) in [4.78, 5) is 4.28. The Morgan fingerprint density at radius 1 is 1.38 bits per heavy atom. The van der Waals surface area contributed by atoms with E-state index >= 15 is 0 Å². The highest BCUT2D eigenvalue weighted by Gasteiger charge is 2.17. The molecule has 2 aromatic rings. The second-order valence-electron chi connectivity index (χ2n) is 4.41. The molecule has 2 aromatic heterocycles. The Kier molecular flexibility index (Phi) is 4.96. The topological polar surface area (TPSA) is 88.9 Å². The number of hydrogen-bond acceptors (Lipinski definition) is 5. The van der Waals surface area contributed by atoms with E-state index in [0.29, 0.717) is 18.8 Å². The smallest absolute Gasteiger partial charge is 0.266 e. The Morgan fingerprint density at radius 2 is 2.14 bits per heavy atom. The first kappa shape index (κ1) is 15.9. The number of halogens is 1. The molecular formula is C12H16BrN5O2S. The number of nitrogens with one attached hydrogen (secondary N) is 2. The van der Waals surface area contributed by atoms with Gasteiger partial charge in [0.15, 0.2) is 0 Å². The zero-order chi connectivity index (χ0) is 15.5. The molecule has 0 saturated carbocycles. The molecule has 21 heavy (non-hydrogen) atoms. The first-order chi connectivity index (χ1) is 9.92. The van der Waals surface area contributed by atoms with Crippen molar-refractivity contribution in [2.24, 2.45) is 0 Å². The number of likely N-dealkylation sites (N-methyl/N-ethyl adjacent to an activating group) is 1. The standard InChI is InChI=1S/C12H16BrN5O2S/c1-9-11(13)3-4-12(16-9)17-21(19,20)10-7-15-18(8-10)6-5-14-2/h3-4,7-8,14H,5-6H2,1-2H3,(H,16,17). The molecular weight excluding hydrogens is 358 g/mol. The number of sulfonamides is 1. The fraction of sp³-hybridized carbons (Fsp3) is 0.333. The molecule has 0 aliphatic carbocycles. The Labute approximate surface area is 132 Å². The fourth-order valence-electron chi connectivity index (χ4n) is 1.63. The van der Waals surface area contributed by atoms with Gasteiger partial charge in [0.1, 0.15) is 10.7 Å². The van der Waals surface area contributed by atoms with Crippen LogP contribution in [-0.2, 0) is 16.6 Å². The lowest BCUT2D eigenvalue weighted by Gasteiger charge is -2.06. The summed E-state index contributed by atoms with van der Waals surface area (Å²) in [7, 11) is -1.86. The van der Waals surface area contributed by atoms with Crippen molar-refractivity contribution < 1.29 is 8.42 Å². The zero-order valence-electron chi connectivity index (χ0n) is 11.7. The maximum Gasteiger partial charge on any atom is 0.266 e. The van der Waals surface area contributed by atoms with Crippen molar-refractivity contribution in [1.29, 1.82) is 0 Å². The van der Waals surface area contributed by atoms with Gasteiger partial charge >= 0.3 is 0 Å². The van der Waals surface area contributed by atoms with Gasteiger partial charge in [-0.25, -0.2) is 13.4 Å². The average Bonchev–Trinajstić information content (AvgIpc) is 2.90. The van der Waals surface area contributed by atoms with E-state index in [2.05, 4.69) is 36.1 Å². The van der Waals surface area contributed by atoms with Crippen LogP contribution in [0.4, 0.5) is 5.82 Å². The van der Waals surface area contributed by atoms with Crippen LogP contribution in [0.15, 0.2) is 33.9 Å². The van der Waals surface area contributed by atoms with Gasteiger partial charge in [-0.1, -0.05) is 0 Å². The monoisotopic (exact) mass is 373 g/mol. The van der Waals surface area contributed by atoms with E-state index in [1.54, 1.807) is 23.7 Å². The Hall–Kier alpha value is -1.45. The Morgan fingerprint density at radius 3 is 2.81 bits per heavy atom. The zero-order valence-corrected chi connectivity index (χ0v) is 14.1. The van der Waals surface area contributed by atoms with Gasteiger partial charge in [-0.2, -0.15) is 5.10 Å². The molecule has 0 radical (unpaired) electrons. The SMILES string of the molecule is CNCCn1cc(S(=O)(=O)Nc2ccc(Br)c(C)n2)cn1. The Bertz CT molecular complexity index is 729. The lowest BCUT2D eigenvalue weighted by atomic mass is 10.4. The molecule has 114 valence electrons. The number of rotatable bonds is 6. The maximum atomic E-state index is 12.3. The van der Waals surface area contributed by atoms with E-state index in [0.717, 1.165) is 4.47 Å². The van der Waals surface area contributed by atoms with Crippen molar-refractivity contribution in [2.45, 2.75) is 18.4 Å². The number of anilines is 1. The summed E-state index contributed by atoms with van der Waals surface area (Å²) in [6, 6.07) is 3.34. The van der Waals surface area contributed by atoms with E-state index < -0.39 is 10.0 Å². The maximum absolute atomic E-state index is 12.3. The molecule has 0 aliphatic heterocycles. The van der Waals surface area contributed by atoms with Crippen LogP contribution in [-0.4, -0.2) is 36.8 Å². The van der Waals surface area contributed by atoms with Crippen LogP contribution in [0.2, 0.25) is 0 Å². The van der Waals surface area contributed by atoms with E-state index in [4.69, 9.17) is 0 Å². The Balaban J connectivity index is 2.17. The largest absolute Gasteiger partial charge is 0.318 e. The van der Waals surface area contributed by atoms with Gasteiger partial charge in [0.25, 0.3) is 10.0 Å². The molecule has 2 heterocycles. The van der Waals surface area contributed by atoms with Crippen molar-refractivity contribution in [2.75, 3.05) is 18.3 Å². The normalized spacial score (nSPS) is 11.6. The van der Waals surface area contributed by atoms with Crippen molar-refractivity contribution in [3.05, 3.63) is 34.7 Å². The third-order valence-electron chi connectivity index (χ3n) is 2.77. The van der Waals surface area contributed by atoms with E-state index in [9.17, 15) is 8.42 Å². The van der Waals surface area contributed by atoms with Gasteiger partial charge in [-0.3, -0.25) is 9.40 Å². The molecule has 0 saturated heterocycles. The lowest BCUT2D eigenvalue weighted by Crippen LogP contribution is -2.16. The number of nitrogens with zero attached hydrogens (tertiary/aromatic N) is 3. The molecule has 2 N–H and O–H groups in total. The summed E-state index contributed by atoms with van der Waals surface area (Å²) in [6.45, 7) is 3.10. The van der Waals surface area contributed by atoms with Crippen molar-refractivity contribution >= 4 is 31.8 Å². The highest BCUT2D eigenvalue weighted by atomic mass is 79.9. The van der Waals surface area contributed by atoms with Crippen LogP contribution in [0.1, 0.15) is 5.69 Å². The van der Waals surface area contributed by atoms with Gasteiger partial charge in [-0.05, 0) is 42.0 Å². The van der Waals surface area contributed by atoms with Crippen LogP contribution >= 0.6 is 15.9 Å². The minimum Gasteiger partial charge on any atom is -0.318 e. The molecule has 7 nitrogen and oxygen atoms in total. The predicted molar refractivity (Wildman–Crippen MR) is 83.6 cm³/mol. The van der Waals surface area contributed by atoms with Gasteiger partial charge < -0.3 is 5.32 Å². The molecule has 0 aromatic carbocycles. The third-order valence-corrected chi connectivity index (χ3v) is 4.92. The number of aromatic nitrogens is 3. The first-order valence-corrected chi connectivity index (χ1v) is 8.53. The molecule has 2 rings (SSSR count). The fourth-order valence-corrected chi connectivity index (χ4v) is 2.80. The highest BCUT2D eigenvalue weighted by Crippen LogP contribution is 2.18. The average molecular weight is 374 g/mol. The van der Waals surface area contributed by atoms with Crippen LogP contribution in [0.3, 0.4) is 0 Å². The number of aryl methyl sites for hydroxylation is 1. The first-order valence-electron chi connectivity index (χ1n) is 6.25. The predicted octanol–water partition coefficient (Wildman–Crippen LogP) is 1.37. The lowest BCUT2D eigenvalue weighted by molar-refractivity contribution is 0.582. The summed E-state index contributed by atoms with van der Waals surface area (Å²) in [6.07, 6.45) is 2.81. The summed E-state index contributed by atoms with van der Waals surface area (Å²) in [5.74, 6) is 0.277. The molecule has 9 heteroatoms. The number of pyridine rings is 1. The third kappa shape index (κ3) is 4.02. The van der Waals surface area contributed by atoms with Crippen LogP contribution in [0.25, 0.3) is 0 Å². The summed E-state index contributed by atoms with van der Waals surface area (Å²) < 4.78 is 29.3. The second kappa shape index (κ2) is 6.54. The van der Waals surface area contributed by atoms with Crippen molar-refractivity contribution in [1.82, 2.24) is 20.1 Å². The summed E-state index contributed by atoms with van der Waals surface area (Å²) >= 11 is 3.32. The molecule has 0 atom stereocenters. The quantitative estimate of drug-likeness (QED) is 0.797. The summed E-state index contributed by atoms with van der Waals surface area (Å²) in [5, 5.41) is 7.00. The molecule has 0 bridgehead atoms. The molecule has 0 unspecified atom stereocenters. The minimum atomic E-state index is -3.68. The van der Waals surface area contributed by atoms with Gasteiger partial charge in [0.2, 0.25) is 0 Å². The van der Waals surface area contributed by atoms with E-state index in [1.807, 2.05) is 7.05 Å². The summed E-state index contributed by atoms with van der Waals surface area (Å²) in [5.41, 5.74) is 0.708. The van der Waals surface area contributed by atoms with E-state index in [-0.39, 0.29) is 10.7 Å². The van der Waals surface area contributed by atoms with Gasteiger partial charge in [0.05, 0.1) is 18.4 Å². The highest BCUT2D eigenvalue weighted by molar-refractivity contribution is 9.10. The molecule has 0 aliphatic rings. The molecule has 0 spiro atoms. The second-order valence-corrected chi connectivity index (χ2v) is 6.95. The number of hydrogen-bond donors (Lipinski definition) is 2. The molecule has 0 amide bonds. The molecule has 0 fully saturated rings. The van der Waals surface area contributed by atoms with Gasteiger partial charge in [0, 0.05) is 17.2 Å². The van der Waals surface area contributed by atoms with E-state index in [1.165, 1.54) is 12.4 Å². The van der Waals surface area contributed by atoms with Crippen LogP contribution in [0.5, 0.6) is 0 Å². The van der Waals surface area contributed by atoms with Crippen molar-refractivity contribution in [3.8, 4) is 0 Å². The van der Waals surface area contributed by atoms with Crippen molar-refractivity contribution in [3.63, 3.8) is 0 Å². The van der Waals surface area contributed by atoms with Gasteiger partial charge in [-0.15, -0.1) is 0 Å². The van der Waals surface area contributed by atoms with Crippen LogP contribution in [0, 0.1) is 6.92 Å². The van der Waals surface area contributed by atoms with Crippen LogP contribution < -0.4 is 10.0 Å². The minimum absolute atomic E-state index is 0.112.